The van der Waals surface area contributed by atoms with Gasteiger partial charge in [-0.3, -0.25) is 9.78 Å². The summed E-state index contributed by atoms with van der Waals surface area (Å²) < 4.78 is 18.2. The summed E-state index contributed by atoms with van der Waals surface area (Å²) in [7, 11) is 0. The number of carbonyl (C=O) groups is 1. The van der Waals surface area contributed by atoms with Crippen molar-refractivity contribution in [3.8, 4) is 0 Å². The van der Waals surface area contributed by atoms with Gasteiger partial charge in [-0.05, 0) is 26.0 Å². The highest BCUT2D eigenvalue weighted by molar-refractivity contribution is 6.09. The molecule has 2 heterocycles. The van der Waals surface area contributed by atoms with Crippen molar-refractivity contribution in [2.24, 2.45) is 0 Å². The van der Waals surface area contributed by atoms with Crippen LogP contribution in [0.5, 0.6) is 0 Å². The first-order chi connectivity index (χ1) is 7.58. The van der Waals surface area contributed by atoms with Crippen molar-refractivity contribution < 1.29 is 13.6 Å². The smallest absolute Gasteiger partial charge is 0.198 e. The number of aromatic nitrogens is 1. The van der Waals surface area contributed by atoms with Crippen molar-refractivity contribution in [3.63, 3.8) is 0 Å². The lowest BCUT2D eigenvalue weighted by atomic mass is 10.1. The third-order valence-corrected chi connectivity index (χ3v) is 2.25. The van der Waals surface area contributed by atoms with E-state index < -0.39 is 5.82 Å². The number of halogens is 1. The maximum Gasteiger partial charge on any atom is 0.198 e. The minimum absolute atomic E-state index is 0.226. The maximum absolute atomic E-state index is 12.9. The number of furan rings is 1. The van der Waals surface area contributed by atoms with Crippen LogP contribution in [0.4, 0.5) is 4.39 Å². The molecule has 0 unspecified atom stereocenters. The van der Waals surface area contributed by atoms with Gasteiger partial charge in [0.25, 0.3) is 0 Å². The van der Waals surface area contributed by atoms with Gasteiger partial charge in [-0.2, -0.15) is 0 Å². The highest BCUT2D eigenvalue weighted by Crippen LogP contribution is 2.17. The van der Waals surface area contributed by atoms with E-state index in [1.807, 2.05) is 0 Å². The van der Waals surface area contributed by atoms with Gasteiger partial charge in [0.2, 0.25) is 0 Å². The molecule has 0 radical (unpaired) electrons. The molecule has 3 nitrogen and oxygen atoms in total. The van der Waals surface area contributed by atoms with Crippen molar-refractivity contribution in [1.82, 2.24) is 4.98 Å². The van der Waals surface area contributed by atoms with E-state index in [1.54, 1.807) is 19.9 Å². The van der Waals surface area contributed by atoms with Gasteiger partial charge in [0.05, 0.1) is 11.8 Å². The van der Waals surface area contributed by atoms with Crippen molar-refractivity contribution in [1.29, 1.82) is 0 Å². The van der Waals surface area contributed by atoms with Crippen LogP contribution < -0.4 is 0 Å². The van der Waals surface area contributed by atoms with Crippen molar-refractivity contribution >= 4 is 5.78 Å². The highest BCUT2D eigenvalue weighted by Gasteiger charge is 2.16. The molecular formula is C12H10FNO2. The Morgan fingerprint density at radius 1 is 1.31 bits per heavy atom. The number of nitrogens with zero attached hydrogens (tertiary/aromatic N) is 1. The molecule has 0 saturated heterocycles. The molecule has 0 aromatic carbocycles. The summed E-state index contributed by atoms with van der Waals surface area (Å²) in [5.74, 6) is 0.391. The van der Waals surface area contributed by atoms with E-state index >= 15 is 0 Å². The summed E-state index contributed by atoms with van der Waals surface area (Å²) in [6.45, 7) is 3.46. The summed E-state index contributed by atoms with van der Waals surface area (Å²) in [4.78, 5) is 15.6. The van der Waals surface area contributed by atoms with Crippen LogP contribution in [-0.2, 0) is 0 Å². The summed E-state index contributed by atoms with van der Waals surface area (Å²) in [5.41, 5.74) is 0.675. The van der Waals surface area contributed by atoms with E-state index in [0.717, 1.165) is 12.3 Å². The van der Waals surface area contributed by atoms with Crippen molar-refractivity contribution in [3.05, 3.63) is 53.0 Å². The van der Waals surface area contributed by atoms with Gasteiger partial charge in [-0.15, -0.1) is 0 Å². The van der Waals surface area contributed by atoms with E-state index in [0.29, 0.717) is 17.1 Å². The average Bonchev–Trinajstić information content (AvgIpc) is 2.57. The molecular weight excluding hydrogens is 209 g/mol. The number of pyridine rings is 1. The number of aryl methyl sites for hydroxylation is 2. The zero-order chi connectivity index (χ0) is 11.7. The maximum atomic E-state index is 12.9. The second-order valence-electron chi connectivity index (χ2n) is 3.55. The van der Waals surface area contributed by atoms with Crippen LogP contribution in [0.1, 0.15) is 27.4 Å². The van der Waals surface area contributed by atoms with E-state index in [4.69, 9.17) is 4.42 Å². The molecule has 0 aliphatic carbocycles. The van der Waals surface area contributed by atoms with E-state index in [-0.39, 0.29) is 11.3 Å². The molecule has 4 heteroatoms. The number of ketones is 1. The Bertz CT molecular complexity index is 546. The Morgan fingerprint density at radius 2 is 2.06 bits per heavy atom. The molecule has 0 aliphatic heterocycles. The normalized spacial score (nSPS) is 10.4. The fourth-order valence-electron chi connectivity index (χ4n) is 1.55. The molecule has 0 aliphatic rings. The Kier molecular flexibility index (Phi) is 2.56. The third-order valence-electron chi connectivity index (χ3n) is 2.25. The van der Waals surface area contributed by atoms with E-state index in [9.17, 15) is 9.18 Å². The van der Waals surface area contributed by atoms with Crippen LogP contribution in [0, 0.1) is 19.7 Å². The van der Waals surface area contributed by atoms with Crippen LogP contribution in [0.2, 0.25) is 0 Å². The van der Waals surface area contributed by atoms with Gasteiger partial charge in [0, 0.05) is 11.8 Å². The zero-order valence-corrected chi connectivity index (χ0v) is 8.95. The van der Waals surface area contributed by atoms with E-state index in [2.05, 4.69) is 4.98 Å². The quantitative estimate of drug-likeness (QED) is 0.729. The lowest BCUT2D eigenvalue weighted by molar-refractivity contribution is 0.103. The predicted octanol–water partition coefficient (Wildman–Crippen LogP) is 2.66. The Labute approximate surface area is 91.9 Å². The van der Waals surface area contributed by atoms with Gasteiger partial charge < -0.3 is 4.42 Å². The Hall–Kier alpha value is -1.97. The molecule has 0 saturated carbocycles. The Morgan fingerprint density at radius 3 is 2.62 bits per heavy atom. The van der Waals surface area contributed by atoms with E-state index in [1.165, 1.54) is 6.20 Å². The summed E-state index contributed by atoms with van der Waals surface area (Å²) in [6.07, 6.45) is 2.40. The molecule has 2 aromatic heterocycles. The molecule has 0 spiro atoms. The molecule has 0 N–H and O–H groups in total. The molecule has 0 bridgehead atoms. The molecule has 2 rings (SSSR count). The fraction of sp³-hybridized carbons (Fsp3) is 0.167. The van der Waals surface area contributed by atoms with Gasteiger partial charge in [0.15, 0.2) is 5.78 Å². The van der Waals surface area contributed by atoms with Crippen LogP contribution in [0.25, 0.3) is 0 Å². The third kappa shape index (κ3) is 1.86. The van der Waals surface area contributed by atoms with Gasteiger partial charge in [0.1, 0.15) is 17.3 Å². The SMILES string of the molecule is Cc1cc(C(=O)c2cncc(F)c2)c(C)o1. The molecule has 82 valence electrons. The predicted molar refractivity (Wildman–Crippen MR) is 55.8 cm³/mol. The largest absolute Gasteiger partial charge is 0.466 e. The van der Waals surface area contributed by atoms with Crippen LogP contribution in [-0.4, -0.2) is 10.8 Å². The molecule has 0 amide bonds. The minimum Gasteiger partial charge on any atom is -0.466 e. The molecule has 16 heavy (non-hydrogen) atoms. The standard InChI is InChI=1S/C12H10FNO2/c1-7-3-11(8(2)16-7)12(15)9-4-10(13)6-14-5-9/h3-6H,1-2H3. The van der Waals surface area contributed by atoms with Gasteiger partial charge in [-0.1, -0.05) is 0 Å². The Balaban J connectivity index is 2.43. The van der Waals surface area contributed by atoms with Gasteiger partial charge >= 0.3 is 0 Å². The fourth-order valence-corrected chi connectivity index (χ4v) is 1.55. The monoisotopic (exact) mass is 219 g/mol. The molecule has 0 fully saturated rings. The zero-order valence-electron chi connectivity index (χ0n) is 8.95. The highest BCUT2D eigenvalue weighted by atomic mass is 19.1. The topological polar surface area (TPSA) is 43.1 Å². The summed E-state index contributed by atoms with van der Waals surface area (Å²) >= 11 is 0. The van der Waals surface area contributed by atoms with Crippen molar-refractivity contribution in [2.75, 3.05) is 0 Å². The number of rotatable bonds is 2. The van der Waals surface area contributed by atoms with Crippen LogP contribution >= 0.6 is 0 Å². The minimum atomic E-state index is -0.524. The van der Waals surface area contributed by atoms with Crippen LogP contribution in [0.15, 0.2) is 28.9 Å². The second-order valence-corrected chi connectivity index (χ2v) is 3.55. The van der Waals surface area contributed by atoms with Crippen molar-refractivity contribution in [2.45, 2.75) is 13.8 Å². The number of hydrogen-bond acceptors (Lipinski definition) is 3. The first-order valence-corrected chi connectivity index (χ1v) is 4.80. The van der Waals surface area contributed by atoms with Gasteiger partial charge in [-0.25, -0.2) is 4.39 Å². The van der Waals surface area contributed by atoms with Crippen LogP contribution in [0.3, 0.4) is 0 Å². The summed E-state index contributed by atoms with van der Waals surface area (Å²) in [5, 5.41) is 0. The number of hydrogen-bond donors (Lipinski definition) is 0. The lowest BCUT2D eigenvalue weighted by Crippen LogP contribution is -2.02. The first-order valence-electron chi connectivity index (χ1n) is 4.80. The number of carbonyl (C=O) groups excluding carboxylic acids is 1. The summed E-state index contributed by atoms with van der Waals surface area (Å²) in [6, 6.07) is 2.81. The average molecular weight is 219 g/mol. The molecule has 2 aromatic rings. The lowest BCUT2D eigenvalue weighted by Gasteiger charge is -1.98. The second kappa shape index (κ2) is 3.89. The molecule has 0 atom stereocenters. The first kappa shape index (κ1) is 10.5.